The summed E-state index contributed by atoms with van der Waals surface area (Å²) in [5, 5.41) is 7.11. The molecule has 0 aromatic carbocycles. The van der Waals surface area contributed by atoms with Crippen LogP contribution in [0, 0.1) is 11.7 Å². The summed E-state index contributed by atoms with van der Waals surface area (Å²) in [7, 11) is 0. The van der Waals surface area contributed by atoms with Crippen molar-refractivity contribution in [3.8, 4) is 11.5 Å². The number of nitrogens with zero attached hydrogens (tertiary/aromatic N) is 3. The quantitative estimate of drug-likeness (QED) is 0.789. The average molecular weight is 248 g/mol. The van der Waals surface area contributed by atoms with Gasteiger partial charge in [-0.15, -0.1) is 0 Å². The van der Waals surface area contributed by atoms with Crippen molar-refractivity contribution in [3.63, 3.8) is 0 Å². The van der Waals surface area contributed by atoms with Crippen LogP contribution in [0.25, 0.3) is 11.5 Å². The number of aromatic amines is 1. The first-order valence-corrected chi connectivity index (χ1v) is 5.92. The Bertz CT molecular complexity index is 589. The molecule has 0 fully saturated rings. The molecule has 17 heavy (non-hydrogen) atoms. The highest BCUT2D eigenvalue weighted by Crippen LogP contribution is 2.23. The van der Waals surface area contributed by atoms with E-state index in [0.29, 0.717) is 4.77 Å². The monoisotopic (exact) mass is 248 g/mol. The molecule has 0 atom stereocenters. The maximum atomic E-state index is 5.27. The molecule has 0 saturated heterocycles. The van der Waals surface area contributed by atoms with Gasteiger partial charge in [0.15, 0.2) is 10.6 Å². The largest absolute Gasteiger partial charge is 0.293 e. The Balaban J connectivity index is 2.66. The molecule has 0 radical (unpaired) electrons. The Morgan fingerprint density at radius 3 is 2.59 bits per heavy atom. The molecule has 2 aromatic rings. The summed E-state index contributed by atoms with van der Waals surface area (Å²) in [6, 6.07) is 5.88. The third kappa shape index (κ3) is 2.29. The van der Waals surface area contributed by atoms with E-state index in [9.17, 15) is 0 Å². The number of pyridine rings is 1. The zero-order valence-corrected chi connectivity index (χ0v) is 11.3. The topological polar surface area (TPSA) is 46.5 Å². The van der Waals surface area contributed by atoms with E-state index in [1.165, 1.54) is 0 Å². The van der Waals surface area contributed by atoms with Crippen molar-refractivity contribution in [2.75, 3.05) is 0 Å². The predicted octanol–water partition coefficient (Wildman–Crippen LogP) is 3.07. The van der Waals surface area contributed by atoms with Crippen LogP contribution in [0.2, 0.25) is 0 Å². The minimum Gasteiger partial charge on any atom is -0.293 e. The number of aromatic nitrogens is 4. The highest BCUT2D eigenvalue weighted by Gasteiger charge is 2.20. The molecule has 0 amide bonds. The zero-order valence-electron chi connectivity index (χ0n) is 10.5. The molecule has 0 saturated carbocycles. The molecule has 90 valence electrons. The minimum absolute atomic E-state index is 0.120. The lowest BCUT2D eigenvalue weighted by Gasteiger charge is -2.22. The van der Waals surface area contributed by atoms with Gasteiger partial charge in [-0.1, -0.05) is 6.07 Å². The number of rotatable bonds is 1. The molecule has 0 aliphatic carbocycles. The molecule has 0 spiro atoms. The zero-order chi connectivity index (χ0) is 12.6. The lowest BCUT2D eigenvalue weighted by Crippen LogP contribution is -2.23. The number of aryl methyl sites for hydroxylation is 1. The molecule has 5 heteroatoms. The van der Waals surface area contributed by atoms with Crippen LogP contribution < -0.4 is 0 Å². The van der Waals surface area contributed by atoms with Crippen molar-refractivity contribution in [2.24, 2.45) is 0 Å². The van der Waals surface area contributed by atoms with E-state index in [-0.39, 0.29) is 5.54 Å². The molecule has 1 N–H and O–H groups in total. The molecule has 0 bridgehead atoms. The summed E-state index contributed by atoms with van der Waals surface area (Å²) in [6.45, 7) is 8.25. The fourth-order valence-electron chi connectivity index (χ4n) is 1.76. The van der Waals surface area contributed by atoms with Crippen LogP contribution in [0.4, 0.5) is 0 Å². The van der Waals surface area contributed by atoms with Crippen LogP contribution in [0.5, 0.6) is 0 Å². The first-order valence-electron chi connectivity index (χ1n) is 5.51. The van der Waals surface area contributed by atoms with Crippen LogP contribution in [-0.4, -0.2) is 19.7 Å². The van der Waals surface area contributed by atoms with Crippen molar-refractivity contribution in [1.82, 2.24) is 19.7 Å². The summed E-state index contributed by atoms with van der Waals surface area (Å²) in [5.74, 6) is 0.784. The standard InChI is InChI=1S/C12H16N4S/c1-8-6-5-7-9(13-8)10-14-15-11(17)16(10)12(2,3)4/h5-7H,1-4H3,(H,15,17). The molecule has 2 rings (SSSR count). The van der Waals surface area contributed by atoms with Crippen LogP contribution in [0.3, 0.4) is 0 Å². The molecule has 2 aromatic heterocycles. The van der Waals surface area contributed by atoms with Gasteiger partial charge in [0, 0.05) is 11.2 Å². The van der Waals surface area contributed by atoms with Crippen LogP contribution in [0.1, 0.15) is 26.5 Å². The maximum absolute atomic E-state index is 5.27. The molecule has 2 heterocycles. The van der Waals surface area contributed by atoms with Gasteiger partial charge in [0.25, 0.3) is 0 Å². The average Bonchev–Trinajstić information content (AvgIpc) is 2.59. The fourth-order valence-corrected chi connectivity index (χ4v) is 2.16. The number of nitrogens with one attached hydrogen (secondary N) is 1. The second-order valence-electron chi connectivity index (χ2n) is 5.02. The van der Waals surface area contributed by atoms with Gasteiger partial charge < -0.3 is 0 Å². The van der Waals surface area contributed by atoms with E-state index in [2.05, 4.69) is 36.0 Å². The maximum Gasteiger partial charge on any atom is 0.195 e. The Labute approximate surface area is 106 Å². The van der Waals surface area contributed by atoms with Gasteiger partial charge >= 0.3 is 0 Å². The van der Waals surface area contributed by atoms with E-state index in [1.807, 2.05) is 29.7 Å². The molecular formula is C12H16N4S. The van der Waals surface area contributed by atoms with E-state index >= 15 is 0 Å². The Kier molecular flexibility index (Phi) is 2.87. The van der Waals surface area contributed by atoms with Crippen molar-refractivity contribution < 1.29 is 0 Å². The van der Waals surface area contributed by atoms with Crippen LogP contribution in [-0.2, 0) is 5.54 Å². The summed E-state index contributed by atoms with van der Waals surface area (Å²) < 4.78 is 2.61. The summed E-state index contributed by atoms with van der Waals surface area (Å²) in [4.78, 5) is 4.48. The van der Waals surface area contributed by atoms with Gasteiger partial charge in [-0.05, 0) is 52.0 Å². The second kappa shape index (κ2) is 4.07. The SMILES string of the molecule is Cc1cccc(-c2n[nH]c(=S)n2C(C)(C)C)n1. The number of hydrogen-bond donors (Lipinski definition) is 1. The Morgan fingerprint density at radius 2 is 2.00 bits per heavy atom. The van der Waals surface area contributed by atoms with Gasteiger partial charge in [0.05, 0.1) is 0 Å². The van der Waals surface area contributed by atoms with Gasteiger partial charge in [-0.3, -0.25) is 9.67 Å². The lowest BCUT2D eigenvalue weighted by molar-refractivity contribution is 0.395. The van der Waals surface area contributed by atoms with Gasteiger partial charge in [0.2, 0.25) is 0 Å². The summed E-state index contributed by atoms with van der Waals surface area (Å²) in [6.07, 6.45) is 0. The van der Waals surface area contributed by atoms with Gasteiger partial charge in [-0.25, -0.2) is 4.98 Å². The van der Waals surface area contributed by atoms with Crippen molar-refractivity contribution in [2.45, 2.75) is 33.2 Å². The summed E-state index contributed by atoms with van der Waals surface area (Å²) >= 11 is 5.27. The highest BCUT2D eigenvalue weighted by atomic mass is 32.1. The van der Waals surface area contributed by atoms with Crippen molar-refractivity contribution in [3.05, 3.63) is 28.7 Å². The van der Waals surface area contributed by atoms with E-state index in [0.717, 1.165) is 17.2 Å². The van der Waals surface area contributed by atoms with Crippen molar-refractivity contribution >= 4 is 12.2 Å². The predicted molar refractivity (Wildman–Crippen MR) is 70.4 cm³/mol. The van der Waals surface area contributed by atoms with Gasteiger partial charge in [-0.2, -0.15) is 5.10 Å². The molecule has 0 aliphatic rings. The number of hydrogen-bond acceptors (Lipinski definition) is 3. The molecule has 4 nitrogen and oxygen atoms in total. The van der Waals surface area contributed by atoms with Gasteiger partial charge in [0.1, 0.15) is 5.69 Å². The molecular weight excluding hydrogens is 232 g/mol. The molecule has 0 unspecified atom stereocenters. The smallest absolute Gasteiger partial charge is 0.195 e. The lowest BCUT2D eigenvalue weighted by atomic mass is 10.1. The number of H-pyrrole nitrogens is 1. The van der Waals surface area contributed by atoms with E-state index in [1.54, 1.807) is 0 Å². The Hall–Kier alpha value is -1.49. The first-order chi connectivity index (χ1) is 7.89. The van der Waals surface area contributed by atoms with Crippen LogP contribution in [0.15, 0.2) is 18.2 Å². The first kappa shape index (κ1) is 12.0. The minimum atomic E-state index is -0.120. The second-order valence-corrected chi connectivity index (χ2v) is 5.41. The normalized spacial score (nSPS) is 11.8. The van der Waals surface area contributed by atoms with Crippen LogP contribution >= 0.6 is 12.2 Å². The third-order valence-corrected chi connectivity index (χ3v) is 2.73. The fraction of sp³-hybridized carbons (Fsp3) is 0.417. The Morgan fingerprint density at radius 1 is 1.29 bits per heavy atom. The highest BCUT2D eigenvalue weighted by molar-refractivity contribution is 7.71. The molecule has 0 aliphatic heterocycles. The van der Waals surface area contributed by atoms with E-state index in [4.69, 9.17) is 12.2 Å². The third-order valence-electron chi connectivity index (χ3n) is 2.46. The van der Waals surface area contributed by atoms with Crippen molar-refractivity contribution in [1.29, 1.82) is 0 Å². The summed E-state index contributed by atoms with van der Waals surface area (Å²) in [5.41, 5.74) is 1.69. The van der Waals surface area contributed by atoms with E-state index < -0.39 is 0 Å².